The fourth-order valence-electron chi connectivity index (χ4n) is 6.76. The Hall–Kier alpha value is -4.91. The molecule has 3 N–H and O–H groups in total. The number of fused-ring (bicyclic) bond motifs is 3. The summed E-state index contributed by atoms with van der Waals surface area (Å²) in [5.41, 5.74) is 6.48. The molecule has 2 aliphatic heterocycles. The molecule has 12 nitrogen and oxygen atoms in total. The summed E-state index contributed by atoms with van der Waals surface area (Å²) in [5, 5.41) is 22.7. The Labute approximate surface area is 271 Å². The molecule has 8 rings (SSSR count). The van der Waals surface area contributed by atoms with Gasteiger partial charge in [0.1, 0.15) is 0 Å². The Bertz CT molecular complexity index is 1860. The molecular weight excluding hydrogens is 599 g/mol. The highest BCUT2D eigenvalue weighted by molar-refractivity contribution is 6.01. The topological polar surface area (TPSA) is 133 Å². The van der Waals surface area contributed by atoms with Gasteiger partial charge in [0, 0.05) is 55.8 Å². The first-order chi connectivity index (χ1) is 22.9. The number of para-hydroxylation sites is 1. The van der Waals surface area contributed by atoms with Crippen LogP contribution in [-0.4, -0.2) is 67.9 Å². The molecule has 4 aliphatic rings. The summed E-state index contributed by atoms with van der Waals surface area (Å²) in [6.45, 7) is 4.39. The van der Waals surface area contributed by atoms with E-state index in [1.807, 2.05) is 24.4 Å². The molecule has 47 heavy (non-hydrogen) atoms. The van der Waals surface area contributed by atoms with Gasteiger partial charge >= 0.3 is 0 Å². The average molecular weight is 637 g/mol. The summed E-state index contributed by atoms with van der Waals surface area (Å²) in [6.07, 6.45) is 6.46. The van der Waals surface area contributed by atoms with Crippen molar-refractivity contribution >= 4 is 34.7 Å². The van der Waals surface area contributed by atoms with Crippen LogP contribution in [0.25, 0.3) is 11.1 Å². The largest absolute Gasteiger partial charge is 0.364 e. The predicted octanol–water partition coefficient (Wildman–Crippen LogP) is 4.82. The Morgan fingerprint density at radius 3 is 2.55 bits per heavy atom. The van der Waals surface area contributed by atoms with Gasteiger partial charge in [-0.3, -0.25) is 19.2 Å². The van der Waals surface area contributed by atoms with Crippen LogP contribution in [0.5, 0.6) is 0 Å². The smallest absolute Gasteiger partial charge is 0.274 e. The van der Waals surface area contributed by atoms with Crippen LogP contribution in [0.2, 0.25) is 0 Å². The SMILES string of the molecule is CCC1c2c(cnn2C2CN(Cc3cccc(F)n3)C2)-c2cccc(Nc3cc(NC(=O)C4CC4)nnc3C(=O)NC3CC3)c2N1C. The number of aromatic nitrogens is 5. The maximum absolute atomic E-state index is 13.6. The van der Waals surface area contributed by atoms with Crippen molar-refractivity contribution in [2.45, 2.75) is 63.7 Å². The second-order valence-corrected chi connectivity index (χ2v) is 13.1. The summed E-state index contributed by atoms with van der Waals surface area (Å²) < 4.78 is 15.8. The molecule has 0 radical (unpaired) electrons. The van der Waals surface area contributed by atoms with E-state index < -0.39 is 5.95 Å². The maximum atomic E-state index is 13.6. The van der Waals surface area contributed by atoms with Crippen molar-refractivity contribution in [2.24, 2.45) is 5.92 Å². The predicted molar refractivity (Wildman–Crippen MR) is 175 cm³/mol. The van der Waals surface area contributed by atoms with Gasteiger partial charge in [-0.2, -0.15) is 9.49 Å². The molecule has 2 aliphatic carbocycles. The van der Waals surface area contributed by atoms with Gasteiger partial charge in [-0.15, -0.1) is 10.2 Å². The normalized spacial score (nSPS) is 19.0. The summed E-state index contributed by atoms with van der Waals surface area (Å²) in [5.74, 6) is -0.509. The lowest BCUT2D eigenvalue weighted by Gasteiger charge is -2.43. The first-order valence-electron chi connectivity index (χ1n) is 16.4. The maximum Gasteiger partial charge on any atom is 0.274 e. The molecule has 0 spiro atoms. The van der Waals surface area contributed by atoms with E-state index in [9.17, 15) is 14.0 Å². The minimum absolute atomic E-state index is 0.00962. The van der Waals surface area contributed by atoms with Gasteiger partial charge in [0.05, 0.1) is 46.7 Å². The number of halogens is 1. The summed E-state index contributed by atoms with van der Waals surface area (Å²) in [6, 6.07) is 13.1. The number of anilines is 4. The van der Waals surface area contributed by atoms with Gasteiger partial charge in [-0.1, -0.05) is 25.1 Å². The van der Waals surface area contributed by atoms with Gasteiger partial charge < -0.3 is 20.9 Å². The Morgan fingerprint density at radius 1 is 1.00 bits per heavy atom. The molecule has 1 unspecified atom stereocenters. The minimum atomic E-state index is -0.458. The van der Waals surface area contributed by atoms with E-state index in [0.717, 1.165) is 73.4 Å². The molecule has 1 atom stereocenters. The quantitative estimate of drug-likeness (QED) is 0.210. The molecular formula is C34H37FN10O2. The van der Waals surface area contributed by atoms with Crippen molar-refractivity contribution in [1.29, 1.82) is 0 Å². The van der Waals surface area contributed by atoms with Crippen LogP contribution in [-0.2, 0) is 11.3 Å². The van der Waals surface area contributed by atoms with Crippen LogP contribution in [0.1, 0.15) is 73.0 Å². The first-order valence-corrected chi connectivity index (χ1v) is 16.4. The number of carbonyl (C=O) groups is 2. The highest BCUT2D eigenvalue weighted by atomic mass is 19.1. The van der Waals surface area contributed by atoms with E-state index in [-0.39, 0.29) is 41.6 Å². The van der Waals surface area contributed by atoms with Crippen LogP contribution in [0.15, 0.2) is 48.7 Å². The van der Waals surface area contributed by atoms with Crippen LogP contribution in [0.3, 0.4) is 0 Å². The van der Waals surface area contributed by atoms with E-state index in [4.69, 9.17) is 5.10 Å². The number of rotatable bonds is 10. The van der Waals surface area contributed by atoms with Gasteiger partial charge in [-0.25, -0.2) is 4.98 Å². The van der Waals surface area contributed by atoms with E-state index in [1.54, 1.807) is 12.1 Å². The van der Waals surface area contributed by atoms with Crippen molar-refractivity contribution in [1.82, 2.24) is 35.2 Å². The van der Waals surface area contributed by atoms with Crippen molar-refractivity contribution < 1.29 is 14.0 Å². The Balaban J connectivity index is 1.09. The highest BCUT2D eigenvalue weighted by Crippen LogP contribution is 2.50. The molecule has 13 heteroatoms. The number of carbonyl (C=O) groups excluding carboxylic acids is 2. The van der Waals surface area contributed by atoms with Crippen molar-refractivity contribution in [3.8, 4) is 11.1 Å². The van der Waals surface area contributed by atoms with Crippen LogP contribution >= 0.6 is 0 Å². The zero-order chi connectivity index (χ0) is 32.2. The van der Waals surface area contributed by atoms with Crippen LogP contribution in [0.4, 0.5) is 27.3 Å². The van der Waals surface area contributed by atoms with E-state index in [1.165, 1.54) is 11.8 Å². The van der Waals surface area contributed by atoms with Crippen molar-refractivity contribution in [2.75, 3.05) is 35.7 Å². The molecule has 2 saturated carbocycles. The molecule has 1 aromatic carbocycles. The minimum Gasteiger partial charge on any atom is -0.364 e. The third kappa shape index (κ3) is 5.69. The monoisotopic (exact) mass is 636 g/mol. The Kier molecular flexibility index (Phi) is 7.35. The number of hydrogen-bond donors (Lipinski definition) is 3. The molecule has 2 amide bonds. The number of amides is 2. The van der Waals surface area contributed by atoms with Gasteiger partial charge in [0.15, 0.2) is 11.5 Å². The number of hydrogen-bond acceptors (Lipinski definition) is 9. The summed E-state index contributed by atoms with van der Waals surface area (Å²) >= 11 is 0. The van der Waals surface area contributed by atoms with Gasteiger partial charge in [-0.05, 0) is 50.3 Å². The lowest BCUT2D eigenvalue weighted by molar-refractivity contribution is -0.117. The second-order valence-electron chi connectivity index (χ2n) is 13.1. The lowest BCUT2D eigenvalue weighted by Crippen LogP contribution is -2.48. The number of benzene rings is 1. The average Bonchev–Trinajstić information content (AvgIpc) is 3.98. The fraction of sp³-hybridized carbons (Fsp3) is 0.412. The van der Waals surface area contributed by atoms with Crippen LogP contribution < -0.4 is 20.9 Å². The highest BCUT2D eigenvalue weighted by Gasteiger charge is 2.38. The van der Waals surface area contributed by atoms with E-state index >= 15 is 0 Å². The van der Waals surface area contributed by atoms with E-state index in [2.05, 4.69) is 65.7 Å². The second kappa shape index (κ2) is 11.7. The number of nitrogens with one attached hydrogen (secondary N) is 3. The molecule has 3 aromatic heterocycles. The zero-order valence-corrected chi connectivity index (χ0v) is 26.4. The zero-order valence-electron chi connectivity index (χ0n) is 26.4. The number of likely N-dealkylation sites (tertiary alicyclic amines) is 1. The van der Waals surface area contributed by atoms with Gasteiger partial charge in [0.25, 0.3) is 5.91 Å². The molecule has 1 saturated heterocycles. The number of pyridine rings is 1. The molecule has 0 bridgehead atoms. The summed E-state index contributed by atoms with van der Waals surface area (Å²) in [7, 11) is 2.09. The van der Waals surface area contributed by atoms with Gasteiger partial charge in [0.2, 0.25) is 11.9 Å². The molecule has 3 fully saturated rings. The Morgan fingerprint density at radius 2 is 1.81 bits per heavy atom. The fourth-order valence-corrected chi connectivity index (χ4v) is 6.76. The van der Waals surface area contributed by atoms with Crippen LogP contribution in [0, 0.1) is 11.9 Å². The molecule has 5 heterocycles. The summed E-state index contributed by atoms with van der Waals surface area (Å²) in [4.78, 5) is 34.3. The molecule has 242 valence electrons. The lowest BCUT2D eigenvalue weighted by atomic mass is 9.91. The van der Waals surface area contributed by atoms with E-state index in [0.29, 0.717) is 18.1 Å². The van der Waals surface area contributed by atoms with Crippen molar-refractivity contribution in [3.63, 3.8) is 0 Å². The van der Waals surface area contributed by atoms with Crippen molar-refractivity contribution in [3.05, 3.63) is 71.7 Å². The molecule has 4 aromatic rings. The number of nitrogens with zero attached hydrogens (tertiary/aromatic N) is 7. The standard InChI is InChI=1S/C34H37FN10O2/c1-3-27-32-24(15-36-45(32)22-17-44(18-22)16-21-6-4-9-28(35)37-21)23-7-5-8-25(31(23)43(27)2)39-26-14-29(40-33(46)19-10-11-19)41-42-30(26)34(47)38-20-12-13-20/h4-9,14-15,19-20,22,27H,3,10-13,16-18H2,1-2H3,(H,38,47)(H2,39,40,41,46). The third-order valence-electron chi connectivity index (χ3n) is 9.52. The first kappa shape index (κ1) is 29.5. The third-order valence-corrected chi connectivity index (χ3v) is 9.52.